The summed E-state index contributed by atoms with van der Waals surface area (Å²) in [5.41, 5.74) is 1.34. The van der Waals surface area contributed by atoms with E-state index in [1.165, 1.54) is 12.8 Å². The minimum atomic E-state index is -1.69. The molecule has 1 aliphatic rings. The maximum absolute atomic E-state index is 6.77. The Kier molecular flexibility index (Phi) is 5.66. The summed E-state index contributed by atoms with van der Waals surface area (Å²) in [6.07, 6.45) is 5.11. The fourth-order valence-corrected chi connectivity index (χ4v) is 7.66. The predicted molar refractivity (Wildman–Crippen MR) is 83.4 cm³/mol. The van der Waals surface area contributed by atoms with Crippen molar-refractivity contribution in [3.63, 3.8) is 0 Å². The third kappa shape index (κ3) is 3.27. The van der Waals surface area contributed by atoms with E-state index in [0.29, 0.717) is 17.2 Å². The van der Waals surface area contributed by atoms with Crippen molar-refractivity contribution < 1.29 is 4.43 Å². The SMILES string of the molecule is C=CC[Si](OC1CC(C)C(C)C1)(C(C)C)C(C)C. The summed E-state index contributed by atoms with van der Waals surface area (Å²) in [6, 6.07) is 1.10. The molecule has 0 aromatic rings. The standard InChI is InChI=1S/C16H32OSi/c1-8-9-18(12(2)3,13(4)5)17-16-10-14(6)15(7)11-16/h8,12-16H,1,9-11H2,2-7H3. The second kappa shape index (κ2) is 6.38. The van der Waals surface area contributed by atoms with Crippen LogP contribution in [0.15, 0.2) is 12.7 Å². The van der Waals surface area contributed by atoms with E-state index in [4.69, 9.17) is 4.43 Å². The second-order valence-corrected chi connectivity index (χ2v) is 11.8. The van der Waals surface area contributed by atoms with E-state index in [9.17, 15) is 0 Å². The van der Waals surface area contributed by atoms with E-state index < -0.39 is 8.32 Å². The predicted octanol–water partition coefficient (Wildman–Crippen LogP) is 5.39. The van der Waals surface area contributed by atoms with Crippen LogP contribution < -0.4 is 0 Å². The lowest BCUT2D eigenvalue weighted by Gasteiger charge is -2.40. The molecule has 0 aromatic heterocycles. The van der Waals surface area contributed by atoms with Crippen molar-refractivity contribution in [2.75, 3.05) is 0 Å². The Balaban J connectivity index is 2.81. The van der Waals surface area contributed by atoms with Crippen molar-refractivity contribution in [1.29, 1.82) is 0 Å². The second-order valence-electron chi connectivity index (χ2n) is 6.92. The lowest BCUT2D eigenvalue weighted by molar-refractivity contribution is 0.180. The minimum Gasteiger partial charge on any atom is -0.413 e. The molecule has 106 valence electrons. The van der Waals surface area contributed by atoms with Gasteiger partial charge in [-0.3, -0.25) is 0 Å². The molecule has 1 fully saturated rings. The number of rotatable bonds is 6. The molecule has 1 saturated carbocycles. The van der Waals surface area contributed by atoms with Crippen LogP contribution >= 0.6 is 0 Å². The van der Waals surface area contributed by atoms with Crippen molar-refractivity contribution in [2.45, 2.75) is 77.6 Å². The quantitative estimate of drug-likeness (QED) is 0.463. The maximum atomic E-state index is 6.77. The van der Waals surface area contributed by atoms with Crippen LogP contribution in [0.25, 0.3) is 0 Å². The van der Waals surface area contributed by atoms with Gasteiger partial charge in [0.25, 0.3) is 0 Å². The van der Waals surface area contributed by atoms with Crippen LogP contribution in [0.2, 0.25) is 17.1 Å². The van der Waals surface area contributed by atoms with E-state index in [1.54, 1.807) is 0 Å². The third-order valence-corrected chi connectivity index (χ3v) is 10.7. The summed E-state index contributed by atoms with van der Waals surface area (Å²) in [4.78, 5) is 0. The molecule has 0 bridgehead atoms. The summed E-state index contributed by atoms with van der Waals surface area (Å²) in [6.45, 7) is 18.1. The Bertz CT molecular complexity index is 254. The molecule has 2 atom stereocenters. The first-order valence-electron chi connectivity index (χ1n) is 7.62. The minimum absolute atomic E-state index is 0.506. The molecule has 1 aliphatic carbocycles. The molecule has 2 heteroatoms. The zero-order valence-electron chi connectivity index (χ0n) is 13.2. The number of allylic oxidation sites excluding steroid dienone is 1. The monoisotopic (exact) mass is 268 g/mol. The van der Waals surface area contributed by atoms with Gasteiger partial charge in [-0.1, -0.05) is 47.6 Å². The average molecular weight is 269 g/mol. The molecule has 0 N–H and O–H groups in total. The van der Waals surface area contributed by atoms with Crippen LogP contribution in [0.3, 0.4) is 0 Å². The Hall–Kier alpha value is -0.0831. The molecule has 0 amide bonds. The van der Waals surface area contributed by atoms with E-state index in [0.717, 1.165) is 17.9 Å². The molecule has 0 aliphatic heterocycles. The molecule has 0 spiro atoms. The lowest BCUT2D eigenvalue weighted by Crippen LogP contribution is -2.46. The Labute approximate surface area is 115 Å². The first-order valence-corrected chi connectivity index (χ1v) is 9.89. The van der Waals surface area contributed by atoms with Gasteiger partial charge < -0.3 is 4.43 Å². The highest BCUT2D eigenvalue weighted by molar-refractivity contribution is 6.76. The topological polar surface area (TPSA) is 9.23 Å². The van der Waals surface area contributed by atoms with Crippen molar-refractivity contribution in [3.8, 4) is 0 Å². The van der Waals surface area contributed by atoms with Gasteiger partial charge in [-0.2, -0.15) is 0 Å². The smallest absolute Gasteiger partial charge is 0.201 e. The van der Waals surface area contributed by atoms with E-state index >= 15 is 0 Å². The molecule has 2 unspecified atom stereocenters. The van der Waals surface area contributed by atoms with E-state index in [-0.39, 0.29) is 0 Å². The summed E-state index contributed by atoms with van der Waals surface area (Å²) in [5, 5.41) is 0. The highest BCUT2D eigenvalue weighted by atomic mass is 28.4. The molecular formula is C16H32OSi. The summed E-state index contributed by atoms with van der Waals surface area (Å²) in [7, 11) is -1.69. The maximum Gasteiger partial charge on any atom is 0.201 e. The fourth-order valence-electron chi connectivity index (χ4n) is 3.48. The Morgan fingerprint density at radius 3 is 1.89 bits per heavy atom. The Morgan fingerprint density at radius 1 is 1.11 bits per heavy atom. The molecule has 0 heterocycles. The highest BCUT2D eigenvalue weighted by Crippen LogP contribution is 2.42. The van der Waals surface area contributed by atoms with Gasteiger partial charge >= 0.3 is 0 Å². The fraction of sp³-hybridized carbons (Fsp3) is 0.875. The first-order chi connectivity index (χ1) is 8.33. The number of hydrogen-bond donors (Lipinski definition) is 0. The van der Waals surface area contributed by atoms with Gasteiger partial charge in [-0.15, -0.1) is 6.58 Å². The summed E-state index contributed by atoms with van der Waals surface area (Å²) >= 11 is 0. The van der Waals surface area contributed by atoms with Crippen LogP contribution in [0, 0.1) is 11.8 Å². The van der Waals surface area contributed by atoms with Crippen LogP contribution in [-0.4, -0.2) is 14.4 Å². The largest absolute Gasteiger partial charge is 0.413 e. The van der Waals surface area contributed by atoms with Crippen molar-refractivity contribution in [3.05, 3.63) is 12.7 Å². The lowest BCUT2D eigenvalue weighted by atomic mass is 10.0. The van der Waals surface area contributed by atoms with Gasteiger partial charge in [0.15, 0.2) is 0 Å². The van der Waals surface area contributed by atoms with Crippen LogP contribution in [-0.2, 0) is 4.43 Å². The van der Waals surface area contributed by atoms with Crippen LogP contribution in [0.5, 0.6) is 0 Å². The van der Waals surface area contributed by atoms with Gasteiger partial charge in [-0.05, 0) is 41.8 Å². The van der Waals surface area contributed by atoms with E-state index in [1.807, 2.05) is 0 Å². The average Bonchev–Trinajstić information content (AvgIpc) is 2.56. The summed E-state index contributed by atoms with van der Waals surface area (Å²) in [5.74, 6) is 1.65. The van der Waals surface area contributed by atoms with Gasteiger partial charge in [0.2, 0.25) is 8.32 Å². The molecular weight excluding hydrogens is 236 g/mol. The summed E-state index contributed by atoms with van der Waals surface area (Å²) < 4.78 is 6.77. The van der Waals surface area contributed by atoms with Crippen LogP contribution in [0.4, 0.5) is 0 Å². The molecule has 0 radical (unpaired) electrons. The zero-order chi connectivity index (χ0) is 13.9. The molecule has 0 saturated heterocycles. The van der Waals surface area contributed by atoms with E-state index in [2.05, 4.69) is 54.2 Å². The van der Waals surface area contributed by atoms with Crippen molar-refractivity contribution >= 4 is 8.32 Å². The molecule has 0 aromatic carbocycles. The van der Waals surface area contributed by atoms with Gasteiger partial charge in [0, 0.05) is 6.10 Å². The molecule has 1 rings (SSSR count). The van der Waals surface area contributed by atoms with Gasteiger partial charge in [-0.25, -0.2) is 0 Å². The molecule has 18 heavy (non-hydrogen) atoms. The van der Waals surface area contributed by atoms with Gasteiger partial charge in [0.1, 0.15) is 0 Å². The Morgan fingerprint density at radius 2 is 1.56 bits per heavy atom. The normalized spacial score (nSPS) is 29.2. The zero-order valence-corrected chi connectivity index (χ0v) is 14.2. The van der Waals surface area contributed by atoms with Crippen molar-refractivity contribution in [1.82, 2.24) is 0 Å². The van der Waals surface area contributed by atoms with Crippen molar-refractivity contribution in [2.24, 2.45) is 11.8 Å². The third-order valence-electron chi connectivity index (χ3n) is 5.04. The number of hydrogen-bond acceptors (Lipinski definition) is 1. The van der Waals surface area contributed by atoms with Gasteiger partial charge in [0.05, 0.1) is 0 Å². The van der Waals surface area contributed by atoms with Crippen LogP contribution in [0.1, 0.15) is 54.4 Å². The molecule has 1 nitrogen and oxygen atoms in total. The first kappa shape index (κ1) is 16.0. The highest BCUT2D eigenvalue weighted by Gasteiger charge is 2.44.